The molecule has 0 saturated heterocycles. The summed E-state index contributed by atoms with van der Waals surface area (Å²) in [7, 11) is 0. The third-order valence-corrected chi connectivity index (χ3v) is 5.42. The van der Waals surface area contributed by atoms with E-state index in [1.165, 1.54) is 36.4 Å². The molecule has 9 heteroatoms. The summed E-state index contributed by atoms with van der Waals surface area (Å²) in [4.78, 5) is 38.3. The van der Waals surface area contributed by atoms with Crippen molar-refractivity contribution in [3.8, 4) is 0 Å². The van der Waals surface area contributed by atoms with Crippen LogP contribution in [0.5, 0.6) is 0 Å². The molecule has 30 heavy (non-hydrogen) atoms. The van der Waals surface area contributed by atoms with Gasteiger partial charge in [-0.15, -0.1) is 11.3 Å². The highest BCUT2D eigenvalue weighted by molar-refractivity contribution is 7.17. The summed E-state index contributed by atoms with van der Waals surface area (Å²) < 4.78 is 29.7. The Bertz CT molecular complexity index is 1370. The lowest BCUT2D eigenvalue weighted by atomic mass is 10.2. The number of amides is 1. The van der Waals surface area contributed by atoms with Gasteiger partial charge in [0.25, 0.3) is 5.56 Å². The van der Waals surface area contributed by atoms with Gasteiger partial charge < -0.3 is 5.32 Å². The van der Waals surface area contributed by atoms with Gasteiger partial charge in [-0.1, -0.05) is 24.3 Å². The average molecular weight is 427 g/mol. The smallest absolute Gasteiger partial charge is 0.324 e. The van der Waals surface area contributed by atoms with Gasteiger partial charge in [0.05, 0.1) is 12.1 Å². The lowest BCUT2D eigenvalue weighted by molar-refractivity contribution is -0.116. The second kappa shape index (κ2) is 8.03. The predicted octanol–water partition coefficient (Wildman–Crippen LogP) is 3.19. The molecule has 0 aliphatic carbocycles. The van der Waals surface area contributed by atoms with Crippen LogP contribution < -0.4 is 16.6 Å². The van der Waals surface area contributed by atoms with Gasteiger partial charge in [0, 0.05) is 11.3 Å². The van der Waals surface area contributed by atoms with Crippen LogP contribution in [0.4, 0.5) is 14.5 Å². The van der Waals surface area contributed by atoms with E-state index in [0.29, 0.717) is 5.52 Å². The summed E-state index contributed by atoms with van der Waals surface area (Å²) in [6.45, 7) is -0.649. The van der Waals surface area contributed by atoms with Gasteiger partial charge in [0.15, 0.2) is 0 Å². The number of thiophene rings is 1. The summed E-state index contributed by atoms with van der Waals surface area (Å²) >= 11 is 1.13. The van der Waals surface area contributed by atoms with Crippen LogP contribution in [0.15, 0.2) is 69.6 Å². The number of carbonyl (C=O) groups is 1. The zero-order chi connectivity index (χ0) is 21.3. The fourth-order valence-corrected chi connectivity index (χ4v) is 3.98. The van der Waals surface area contributed by atoms with E-state index in [2.05, 4.69) is 5.32 Å². The molecule has 0 saturated carbocycles. The third-order valence-electron chi connectivity index (χ3n) is 4.53. The van der Waals surface area contributed by atoms with E-state index in [9.17, 15) is 23.2 Å². The summed E-state index contributed by atoms with van der Waals surface area (Å²) in [5.74, 6) is -1.61. The molecule has 0 aliphatic heterocycles. The lowest BCUT2D eigenvalue weighted by Crippen LogP contribution is -2.41. The lowest BCUT2D eigenvalue weighted by Gasteiger charge is -2.13. The molecule has 1 N–H and O–H groups in total. The summed E-state index contributed by atoms with van der Waals surface area (Å²) in [5.41, 5.74) is -0.537. The Balaban J connectivity index is 1.73. The van der Waals surface area contributed by atoms with Gasteiger partial charge in [0.2, 0.25) is 5.91 Å². The quantitative estimate of drug-likeness (QED) is 0.532. The van der Waals surface area contributed by atoms with Crippen molar-refractivity contribution in [2.45, 2.75) is 13.1 Å². The van der Waals surface area contributed by atoms with E-state index in [1.807, 2.05) is 0 Å². The number of nitrogens with zero attached hydrogens (tertiary/aromatic N) is 2. The minimum absolute atomic E-state index is 0.184. The van der Waals surface area contributed by atoms with Crippen molar-refractivity contribution in [2.75, 3.05) is 5.32 Å². The van der Waals surface area contributed by atoms with Gasteiger partial charge in [0.1, 0.15) is 22.9 Å². The van der Waals surface area contributed by atoms with Crippen LogP contribution >= 0.6 is 11.3 Å². The minimum Gasteiger partial charge on any atom is -0.324 e. The van der Waals surface area contributed by atoms with Gasteiger partial charge in [-0.25, -0.2) is 13.6 Å². The van der Waals surface area contributed by atoms with E-state index in [1.54, 1.807) is 17.5 Å². The summed E-state index contributed by atoms with van der Waals surface area (Å²) in [6.07, 6.45) is 0. The fraction of sp³-hybridized carbons (Fsp3) is 0.0952. The van der Waals surface area contributed by atoms with Crippen molar-refractivity contribution in [3.63, 3.8) is 0 Å². The van der Waals surface area contributed by atoms with Crippen molar-refractivity contribution in [2.24, 2.45) is 0 Å². The second-order valence-corrected chi connectivity index (χ2v) is 7.46. The Morgan fingerprint density at radius 2 is 1.80 bits per heavy atom. The van der Waals surface area contributed by atoms with Gasteiger partial charge in [-0.2, -0.15) is 0 Å². The molecule has 0 radical (unpaired) electrons. The van der Waals surface area contributed by atoms with E-state index in [4.69, 9.17) is 0 Å². The number of rotatable bonds is 5. The van der Waals surface area contributed by atoms with Crippen molar-refractivity contribution in [1.29, 1.82) is 0 Å². The molecule has 2 aromatic carbocycles. The van der Waals surface area contributed by atoms with Gasteiger partial charge >= 0.3 is 5.69 Å². The standard InChI is InChI=1S/C21H15F2N3O3S/c22-14-5-3-6-15(10-14)24-18(27)12-25-17-8-9-30-19(17)20(28)26(21(25)29)11-13-4-1-2-7-16(13)23/h1-10H,11-12H2,(H,24,27). The first-order valence-corrected chi connectivity index (χ1v) is 9.81. The molecule has 6 nitrogen and oxygen atoms in total. The predicted molar refractivity (Wildman–Crippen MR) is 111 cm³/mol. The number of anilines is 1. The van der Waals surface area contributed by atoms with Gasteiger partial charge in [-0.05, 0) is 35.7 Å². The third kappa shape index (κ3) is 3.79. The molecule has 2 heterocycles. The SMILES string of the molecule is O=C(Cn1c(=O)n(Cc2ccccc2F)c(=O)c2sccc21)Nc1cccc(F)c1. The highest BCUT2D eigenvalue weighted by atomic mass is 32.1. The number of fused-ring (bicyclic) bond motifs is 1. The molecule has 0 aliphatic rings. The number of hydrogen-bond donors (Lipinski definition) is 1. The van der Waals surface area contributed by atoms with Crippen LogP contribution in [0.2, 0.25) is 0 Å². The Hall–Kier alpha value is -3.59. The van der Waals surface area contributed by atoms with Crippen molar-refractivity contribution < 1.29 is 13.6 Å². The molecule has 0 spiro atoms. The maximum atomic E-state index is 14.1. The highest BCUT2D eigenvalue weighted by Gasteiger charge is 2.17. The molecule has 0 fully saturated rings. The Morgan fingerprint density at radius 1 is 1.00 bits per heavy atom. The maximum absolute atomic E-state index is 14.1. The van der Waals surface area contributed by atoms with E-state index in [0.717, 1.165) is 26.5 Å². The first-order valence-electron chi connectivity index (χ1n) is 8.93. The first kappa shape index (κ1) is 19.7. The molecule has 4 aromatic rings. The van der Waals surface area contributed by atoms with Crippen molar-refractivity contribution in [1.82, 2.24) is 9.13 Å². The second-order valence-electron chi connectivity index (χ2n) is 6.54. The minimum atomic E-state index is -0.733. The average Bonchev–Trinajstić information content (AvgIpc) is 3.20. The topological polar surface area (TPSA) is 73.1 Å². The number of benzene rings is 2. The molecular weight excluding hydrogens is 412 g/mol. The van der Waals surface area contributed by atoms with Crippen molar-refractivity contribution in [3.05, 3.63) is 98.0 Å². The summed E-state index contributed by atoms with van der Waals surface area (Å²) in [6, 6.07) is 12.8. The van der Waals surface area contributed by atoms with Crippen LogP contribution in [-0.2, 0) is 17.9 Å². The number of nitrogens with one attached hydrogen (secondary N) is 1. The fourth-order valence-electron chi connectivity index (χ4n) is 3.13. The highest BCUT2D eigenvalue weighted by Crippen LogP contribution is 2.16. The molecule has 0 atom stereocenters. The van der Waals surface area contributed by atoms with Crippen LogP contribution in [0.1, 0.15) is 5.56 Å². The Morgan fingerprint density at radius 3 is 2.57 bits per heavy atom. The molecule has 1 amide bonds. The number of aromatic nitrogens is 2. The van der Waals surface area contributed by atoms with Crippen LogP contribution in [-0.4, -0.2) is 15.0 Å². The monoisotopic (exact) mass is 427 g/mol. The first-order chi connectivity index (χ1) is 14.4. The number of halogens is 2. The molecular formula is C21H15F2N3O3S. The zero-order valence-corrected chi connectivity index (χ0v) is 16.3. The molecule has 2 aromatic heterocycles. The zero-order valence-electron chi connectivity index (χ0n) is 15.5. The number of carbonyl (C=O) groups excluding carboxylic acids is 1. The largest absolute Gasteiger partial charge is 0.332 e. The van der Waals surface area contributed by atoms with Gasteiger partial charge in [-0.3, -0.25) is 18.7 Å². The Kier molecular flexibility index (Phi) is 5.28. The van der Waals surface area contributed by atoms with Crippen molar-refractivity contribution >= 4 is 33.1 Å². The molecule has 4 rings (SSSR count). The van der Waals surface area contributed by atoms with Crippen LogP contribution in [0.25, 0.3) is 10.2 Å². The normalized spacial score (nSPS) is 11.0. The van der Waals surface area contributed by atoms with Crippen LogP contribution in [0, 0.1) is 11.6 Å². The van der Waals surface area contributed by atoms with Crippen LogP contribution in [0.3, 0.4) is 0 Å². The van der Waals surface area contributed by atoms with E-state index >= 15 is 0 Å². The summed E-state index contributed by atoms with van der Waals surface area (Å²) in [5, 5.41) is 4.16. The molecule has 0 bridgehead atoms. The number of hydrogen-bond acceptors (Lipinski definition) is 4. The molecule has 152 valence electrons. The van der Waals surface area contributed by atoms with E-state index < -0.39 is 28.8 Å². The van der Waals surface area contributed by atoms with E-state index in [-0.39, 0.29) is 29.0 Å². The Labute approximate surface area is 172 Å². The molecule has 0 unspecified atom stereocenters. The maximum Gasteiger partial charge on any atom is 0.332 e.